The Morgan fingerprint density at radius 3 is 2.53 bits per heavy atom. The fraction of sp³-hybridized carbons (Fsp3) is 0.194. The Balaban J connectivity index is 1.27. The highest BCUT2D eigenvalue weighted by Crippen LogP contribution is 2.42. The lowest BCUT2D eigenvalue weighted by Crippen LogP contribution is -2.34. The summed E-state index contributed by atoms with van der Waals surface area (Å²) < 4.78 is 16.3. The molecule has 1 aliphatic rings. The summed E-state index contributed by atoms with van der Waals surface area (Å²) in [4.78, 5) is 29.3. The van der Waals surface area contributed by atoms with Crippen molar-refractivity contribution in [3.63, 3.8) is 0 Å². The number of amides is 1. The van der Waals surface area contributed by atoms with Crippen LogP contribution in [-0.2, 0) is 17.9 Å². The van der Waals surface area contributed by atoms with Crippen LogP contribution in [0.4, 0.5) is 10.1 Å². The van der Waals surface area contributed by atoms with Gasteiger partial charge in [0.2, 0.25) is 0 Å². The summed E-state index contributed by atoms with van der Waals surface area (Å²) in [5.74, 6) is -0.406. The summed E-state index contributed by atoms with van der Waals surface area (Å²) in [7, 11) is 0. The minimum Gasteiger partial charge on any atom is -0.302 e. The van der Waals surface area contributed by atoms with Crippen LogP contribution in [0.15, 0.2) is 95.0 Å². The van der Waals surface area contributed by atoms with Crippen molar-refractivity contribution in [3.8, 4) is 0 Å². The number of hydrogen-bond donors (Lipinski definition) is 0. The highest BCUT2D eigenvalue weighted by atomic mass is 32.2. The Kier molecular flexibility index (Phi) is 7.84. The molecule has 0 bridgehead atoms. The fourth-order valence-electron chi connectivity index (χ4n) is 4.43. The summed E-state index contributed by atoms with van der Waals surface area (Å²) in [6.07, 6.45) is 7.84. The molecule has 2 heterocycles. The molecule has 4 aromatic rings. The Hall–Kier alpha value is -3.97. The van der Waals surface area contributed by atoms with Crippen molar-refractivity contribution in [2.24, 2.45) is 0 Å². The molecular formula is C31H28FN3O2S. The molecule has 0 aliphatic carbocycles. The van der Waals surface area contributed by atoms with Crippen LogP contribution in [0.5, 0.6) is 0 Å². The van der Waals surface area contributed by atoms with E-state index in [9.17, 15) is 14.0 Å². The SMILES string of the molecule is Cc1cnn(CCCCC(=O)c2ccc(/C=C3\Sc4ccccc4N(Cc4ccccc4F)C3=O)cc2)c1. The number of halogens is 1. The van der Waals surface area contributed by atoms with Crippen molar-refractivity contribution in [2.45, 2.75) is 44.2 Å². The van der Waals surface area contributed by atoms with E-state index in [1.165, 1.54) is 17.8 Å². The molecule has 0 spiro atoms. The molecule has 1 aromatic heterocycles. The van der Waals surface area contributed by atoms with Gasteiger partial charge in [-0.15, -0.1) is 0 Å². The van der Waals surface area contributed by atoms with Gasteiger partial charge in [-0.3, -0.25) is 14.3 Å². The molecule has 7 heteroatoms. The number of rotatable bonds is 9. The zero-order valence-electron chi connectivity index (χ0n) is 21.1. The predicted octanol–water partition coefficient (Wildman–Crippen LogP) is 7.06. The smallest absolute Gasteiger partial charge is 0.265 e. The first-order valence-electron chi connectivity index (χ1n) is 12.6. The van der Waals surface area contributed by atoms with E-state index in [-0.39, 0.29) is 24.1 Å². The number of aromatic nitrogens is 2. The number of carbonyl (C=O) groups is 2. The number of aryl methyl sites for hydroxylation is 2. The molecule has 5 nitrogen and oxygen atoms in total. The molecule has 1 aliphatic heterocycles. The second-order valence-corrected chi connectivity index (χ2v) is 10.4. The first-order chi connectivity index (χ1) is 18.5. The number of fused-ring (bicyclic) bond motifs is 1. The van der Waals surface area contributed by atoms with Crippen LogP contribution in [0.2, 0.25) is 0 Å². The van der Waals surface area contributed by atoms with Gasteiger partial charge in [0.15, 0.2) is 5.78 Å². The molecule has 0 saturated carbocycles. The zero-order valence-corrected chi connectivity index (χ0v) is 22.0. The molecule has 5 rings (SSSR count). The molecule has 3 aromatic carbocycles. The molecule has 38 heavy (non-hydrogen) atoms. The second-order valence-electron chi connectivity index (χ2n) is 9.34. The van der Waals surface area contributed by atoms with E-state index in [2.05, 4.69) is 5.10 Å². The normalized spacial score (nSPS) is 14.1. The van der Waals surface area contributed by atoms with Crippen molar-refractivity contribution < 1.29 is 14.0 Å². The van der Waals surface area contributed by atoms with E-state index in [0.717, 1.165) is 41.1 Å². The number of nitrogens with zero attached hydrogens (tertiary/aromatic N) is 3. The van der Waals surface area contributed by atoms with Gasteiger partial charge >= 0.3 is 0 Å². The number of hydrogen-bond acceptors (Lipinski definition) is 4. The van der Waals surface area contributed by atoms with Gasteiger partial charge in [-0.25, -0.2) is 4.39 Å². The van der Waals surface area contributed by atoms with E-state index in [1.54, 1.807) is 23.1 Å². The molecule has 0 unspecified atom stereocenters. The van der Waals surface area contributed by atoms with Crippen molar-refractivity contribution in [1.29, 1.82) is 0 Å². The van der Waals surface area contributed by atoms with Gasteiger partial charge in [0.1, 0.15) is 5.82 Å². The predicted molar refractivity (Wildman–Crippen MR) is 149 cm³/mol. The Morgan fingerprint density at radius 2 is 1.76 bits per heavy atom. The average molecular weight is 526 g/mol. The molecule has 0 N–H and O–H groups in total. The van der Waals surface area contributed by atoms with Gasteiger partial charge in [0, 0.05) is 35.2 Å². The van der Waals surface area contributed by atoms with Crippen molar-refractivity contribution in [2.75, 3.05) is 4.90 Å². The molecular weight excluding hydrogens is 497 g/mol. The van der Waals surface area contributed by atoms with Gasteiger partial charge in [-0.1, -0.05) is 66.4 Å². The monoisotopic (exact) mass is 525 g/mol. The minimum absolute atomic E-state index is 0.106. The molecule has 0 fully saturated rings. The van der Waals surface area contributed by atoms with Crippen molar-refractivity contribution in [3.05, 3.63) is 118 Å². The van der Waals surface area contributed by atoms with E-state index in [4.69, 9.17) is 0 Å². The average Bonchev–Trinajstić information content (AvgIpc) is 3.35. The van der Waals surface area contributed by atoms with Crippen LogP contribution in [0, 0.1) is 12.7 Å². The standard InChI is InChI=1S/C31H28FN3O2S/c1-22-19-33-34(20-22)17-7-6-11-28(36)24-15-13-23(14-16-24)18-30-31(37)35(21-25-8-2-3-9-26(25)32)27-10-4-5-12-29(27)38-30/h2-5,8-10,12-16,18-20H,6-7,11,17,21H2,1H3/b30-18-. The molecule has 0 radical (unpaired) electrons. The molecule has 1 amide bonds. The third-order valence-corrected chi connectivity index (χ3v) is 7.53. The lowest BCUT2D eigenvalue weighted by molar-refractivity contribution is -0.114. The first kappa shape index (κ1) is 25.7. The number of para-hydroxylation sites is 1. The largest absolute Gasteiger partial charge is 0.302 e. The third kappa shape index (κ3) is 5.94. The number of benzene rings is 3. The first-order valence-corrected chi connectivity index (χ1v) is 13.5. The summed E-state index contributed by atoms with van der Waals surface area (Å²) in [6.45, 7) is 2.96. The number of carbonyl (C=O) groups excluding carboxylic acids is 2. The van der Waals surface area contributed by atoms with E-state index in [1.807, 2.05) is 78.6 Å². The van der Waals surface area contributed by atoms with Crippen LogP contribution < -0.4 is 4.90 Å². The highest BCUT2D eigenvalue weighted by Gasteiger charge is 2.29. The fourth-order valence-corrected chi connectivity index (χ4v) is 5.48. The van der Waals surface area contributed by atoms with Gasteiger partial charge < -0.3 is 4.90 Å². The summed E-state index contributed by atoms with van der Waals surface area (Å²) >= 11 is 1.40. The number of anilines is 1. The maximum absolute atomic E-state index is 14.4. The van der Waals surface area contributed by atoms with Crippen LogP contribution in [0.3, 0.4) is 0 Å². The van der Waals surface area contributed by atoms with Crippen molar-refractivity contribution in [1.82, 2.24) is 9.78 Å². The Bertz CT molecular complexity index is 1490. The molecule has 0 atom stereocenters. The van der Waals surface area contributed by atoms with Gasteiger partial charge in [0.05, 0.1) is 23.3 Å². The van der Waals surface area contributed by atoms with Crippen LogP contribution in [-0.4, -0.2) is 21.5 Å². The van der Waals surface area contributed by atoms with Gasteiger partial charge in [-0.2, -0.15) is 5.10 Å². The zero-order chi connectivity index (χ0) is 26.5. The number of unbranched alkanes of at least 4 members (excludes halogenated alkanes) is 1. The maximum atomic E-state index is 14.4. The number of thioether (sulfide) groups is 1. The Labute approximate surface area is 226 Å². The van der Waals surface area contributed by atoms with Crippen LogP contribution >= 0.6 is 11.8 Å². The summed E-state index contributed by atoms with van der Waals surface area (Å²) in [5.41, 5.74) is 3.86. The van der Waals surface area contributed by atoms with Crippen LogP contribution in [0.25, 0.3) is 6.08 Å². The molecule has 0 saturated heterocycles. The van der Waals surface area contributed by atoms with Gasteiger partial charge in [-0.05, 0) is 55.2 Å². The topological polar surface area (TPSA) is 55.2 Å². The number of Topliss-reactive ketones (excluding diaryl/α,β-unsaturated/α-hetero) is 1. The van der Waals surface area contributed by atoms with Crippen LogP contribution in [0.1, 0.15) is 46.3 Å². The number of ketones is 1. The summed E-state index contributed by atoms with van der Waals surface area (Å²) in [5, 5.41) is 4.28. The third-order valence-electron chi connectivity index (χ3n) is 6.45. The van der Waals surface area contributed by atoms with E-state index < -0.39 is 0 Å². The molecule has 192 valence electrons. The van der Waals surface area contributed by atoms with Gasteiger partial charge in [0.25, 0.3) is 5.91 Å². The Morgan fingerprint density at radius 1 is 1.00 bits per heavy atom. The van der Waals surface area contributed by atoms with Crippen molar-refractivity contribution >= 4 is 35.2 Å². The second kappa shape index (κ2) is 11.6. The van der Waals surface area contributed by atoms with E-state index in [0.29, 0.717) is 22.5 Å². The maximum Gasteiger partial charge on any atom is 0.265 e. The van der Waals surface area contributed by atoms with E-state index >= 15 is 0 Å². The quantitative estimate of drug-likeness (QED) is 0.133. The lowest BCUT2D eigenvalue weighted by Gasteiger charge is -2.30. The highest BCUT2D eigenvalue weighted by molar-refractivity contribution is 8.04. The summed E-state index contributed by atoms with van der Waals surface area (Å²) in [6, 6.07) is 21.5. The minimum atomic E-state index is -0.335. The lowest BCUT2D eigenvalue weighted by atomic mass is 10.0.